The molecule has 0 bridgehead atoms. The van der Waals surface area contributed by atoms with E-state index in [1.807, 2.05) is 7.05 Å². The molecule has 15 heavy (non-hydrogen) atoms. The molecule has 0 aromatic rings. The zero-order valence-electron chi connectivity index (χ0n) is 10.5. The highest BCUT2D eigenvalue weighted by atomic mass is 16.6. The van der Waals surface area contributed by atoms with Gasteiger partial charge in [-0.15, -0.1) is 0 Å². The first-order valence-corrected chi connectivity index (χ1v) is 6.01. The summed E-state index contributed by atoms with van der Waals surface area (Å²) in [6.45, 7) is 8.11. The molecule has 0 amide bonds. The van der Waals surface area contributed by atoms with Crippen LogP contribution in [0.15, 0.2) is 0 Å². The number of nitrogens with one attached hydrogen (secondary N) is 1. The molecule has 0 saturated carbocycles. The molecule has 1 aliphatic heterocycles. The van der Waals surface area contributed by atoms with E-state index in [1.165, 1.54) is 0 Å². The quantitative estimate of drug-likeness (QED) is 0.734. The van der Waals surface area contributed by atoms with Crippen LogP contribution in [0.2, 0.25) is 0 Å². The average Bonchev–Trinajstić information content (AvgIpc) is 2.64. The van der Waals surface area contributed by atoms with Crippen molar-refractivity contribution >= 4 is 0 Å². The van der Waals surface area contributed by atoms with Crippen molar-refractivity contribution in [3.05, 3.63) is 0 Å². The summed E-state index contributed by atoms with van der Waals surface area (Å²) < 4.78 is 11.7. The SMILES string of the molecule is CCC(C)(C)OCC1CCC(CNC)O1. The second kappa shape index (κ2) is 5.83. The van der Waals surface area contributed by atoms with E-state index < -0.39 is 0 Å². The second-order valence-corrected chi connectivity index (χ2v) is 4.94. The second-order valence-electron chi connectivity index (χ2n) is 4.94. The highest BCUT2D eigenvalue weighted by molar-refractivity contribution is 4.76. The monoisotopic (exact) mass is 215 g/mol. The Labute approximate surface area is 93.5 Å². The van der Waals surface area contributed by atoms with Crippen molar-refractivity contribution in [3.63, 3.8) is 0 Å². The predicted octanol–water partition coefficient (Wildman–Crippen LogP) is 1.96. The van der Waals surface area contributed by atoms with Gasteiger partial charge in [-0.3, -0.25) is 0 Å². The van der Waals surface area contributed by atoms with Crippen LogP contribution in [0.5, 0.6) is 0 Å². The van der Waals surface area contributed by atoms with Gasteiger partial charge in [-0.1, -0.05) is 6.92 Å². The average molecular weight is 215 g/mol. The molecule has 1 fully saturated rings. The molecule has 0 aliphatic carbocycles. The maximum absolute atomic E-state index is 5.85. The summed E-state index contributed by atoms with van der Waals surface area (Å²) in [6, 6.07) is 0. The van der Waals surface area contributed by atoms with E-state index in [9.17, 15) is 0 Å². The van der Waals surface area contributed by atoms with Crippen LogP contribution in [-0.4, -0.2) is 38.0 Å². The molecule has 0 radical (unpaired) electrons. The van der Waals surface area contributed by atoms with Gasteiger partial charge in [0.15, 0.2) is 0 Å². The van der Waals surface area contributed by atoms with Crippen LogP contribution in [-0.2, 0) is 9.47 Å². The maximum atomic E-state index is 5.85. The molecule has 1 aliphatic rings. The molecule has 0 aromatic carbocycles. The van der Waals surface area contributed by atoms with Crippen LogP contribution >= 0.6 is 0 Å². The van der Waals surface area contributed by atoms with Crippen LogP contribution in [0.4, 0.5) is 0 Å². The molecule has 0 aromatic heterocycles. The van der Waals surface area contributed by atoms with Crippen molar-refractivity contribution in [1.29, 1.82) is 0 Å². The Bertz CT molecular complexity index is 182. The van der Waals surface area contributed by atoms with E-state index in [-0.39, 0.29) is 5.60 Å². The standard InChI is InChI=1S/C12H25NO2/c1-5-12(2,3)14-9-11-7-6-10(15-11)8-13-4/h10-11,13H,5-9H2,1-4H3. The topological polar surface area (TPSA) is 30.5 Å². The van der Waals surface area contributed by atoms with E-state index >= 15 is 0 Å². The zero-order valence-corrected chi connectivity index (χ0v) is 10.5. The zero-order chi connectivity index (χ0) is 11.3. The summed E-state index contributed by atoms with van der Waals surface area (Å²) in [6.07, 6.45) is 4.01. The minimum absolute atomic E-state index is 0.00947. The molecule has 3 nitrogen and oxygen atoms in total. The van der Waals surface area contributed by atoms with Gasteiger partial charge < -0.3 is 14.8 Å². The molecule has 0 spiro atoms. The Hall–Kier alpha value is -0.120. The number of rotatable bonds is 6. The Morgan fingerprint density at radius 1 is 1.33 bits per heavy atom. The first kappa shape index (κ1) is 12.9. The Kier molecular flexibility index (Phi) is 5.03. The highest BCUT2D eigenvalue weighted by Gasteiger charge is 2.26. The Morgan fingerprint density at radius 2 is 2.00 bits per heavy atom. The smallest absolute Gasteiger partial charge is 0.0814 e. The third kappa shape index (κ3) is 4.49. The summed E-state index contributed by atoms with van der Waals surface area (Å²) >= 11 is 0. The number of hydrogen-bond acceptors (Lipinski definition) is 3. The van der Waals surface area contributed by atoms with Crippen molar-refractivity contribution in [2.24, 2.45) is 0 Å². The van der Waals surface area contributed by atoms with Crippen LogP contribution in [0.1, 0.15) is 40.0 Å². The third-order valence-electron chi connectivity index (χ3n) is 3.14. The molecule has 1 N–H and O–H groups in total. The van der Waals surface area contributed by atoms with Crippen LogP contribution in [0, 0.1) is 0 Å². The maximum Gasteiger partial charge on any atom is 0.0814 e. The Balaban J connectivity index is 2.19. The lowest BCUT2D eigenvalue weighted by Gasteiger charge is -2.25. The fourth-order valence-corrected chi connectivity index (χ4v) is 1.70. The number of ether oxygens (including phenoxy) is 2. The first-order chi connectivity index (χ1) is 7.07. The summed E-state index contributed by atoms with van der Waals surface area (Å²) in [4.78, 5) is 0. The van der Waals surface area contributed by atoms with Gasteiger partial charge >= 0.3 is 0 Å². The van der Waals surface area contributed by atoms with Crippen molar-refractivity contribution in [2.75, 3.05) is 20.2 Å². The largest absolute Gasteiger partial charge is 0.373 e. The molecule has 1 saturated heterocycles. The summed E-state index contributed by atoms with van der Waals surface area (Å²) in [5.41, 5.74) is -0.00947. The van der Waals surface area contributed by atoms with Gasteiger partial charge in [-0.25, -0.2) is 0 Å². The molecule has 3 heteroatoms. The lowest BCUT2D eigenvalue weighted by Crippen LogP contribution is -2.30. The molecule has 1 rings (SSSR count). The summed E-state index contributed by atoms with van der Waals surface area (Å²) in [5.74, 6) is 0. The van der Waals surface area contributed by atoms with Crippen molar-refractivity contribution in [3.8, 4) is 0 Å². The van der Waals surface area contributed by atoms with Crippen LogP contribution in [0.25, 0.3) is 0 Å². The molecular weight excluding hydrogens is 190 g/mol. The molecule has 90 valence electrons. The van der Waals surface area contributed by atoms with Gasteiger partial charge in [0.05, 0.1) is 24.4 Å². The third-order valence-corrected chi connectivity index (χ3v) is 3.14. The first-order valence-electron chi connectivity index (χ1n) is 6.01. The molecule has 1 heterocycles. The van der Waals surface area contributed by atoms with E-state index in [0.717, 1.165) is 32.4 Å². The van der Waals surface area contributed by atoms with Gasteiger partial charge in [0, 0.05) is 6.54 Å². The van der Waals surface area contributed by atoms with Gasteiger partial charge in [-0.05, 0) is 40.2 Å². The summed E-state index contributed by atoms with van der Waals surface area (Å²) in [7, 11) is 1.97. The van der Waals surface area contributed by atoms with Crippen molar-refractivity contribution < 1.29 is 9.47 Å². The normalized spacial score (nSPS) is 27.2. The van der Waals surface area contributed by atoms with E-state index in [1.54, 1.807) is 0 Å². The Morgan fingerprint density at radius 3 is 2.60 bits per heavy atom. The van der Waals surface area contributed by atoms with Crippen molar-refractivity contribution in [1.82, 2.24) is 5.32 Å². The van der Waals surface area contributed by atoms with Crippen LogP contribution in [0.3, 0.4) is 0 Å². The predicted molar refractivity (Wildman–Crippen MR) is 62.1 cm³/mol. The molecular formula is C12H25NO2. The van der Waals surface area contributed by atoms with Gasteiger partial charge in [-0.2, -0.15) is 0 Å². The van der Waals surface area contributed by atoms with Crippen LogP contribution < -0.4 is 5.32 Å². The van der Waals surface area contributed by atoms with Gasteiger partial charge in [0.1, 0.15) is 0 Å². The lowest BCUT2D eigenvalue weighted by atomic mass is 10.1. The fraction of sp³-hybridized carbons (Fsp3) is 1.00. The minimum Gasteiger partial charge on any atom is -0.373 e. The molecule has 2 unspecified atom stereocenters. The van der Waals surface area contributed by atoms with Crippen molar-refractivity contribution in [2.45, 2.75) is 57.8 Å². The van der Waals surface area contributed by atoms with E-state index in [0.29, 0.717) is 12.2 Å². The number of hydrogen-bond donors (Lipinski definition) is 1. The highest BCUT2D eigenvalue weighted by Crippen LogP contribution is 2.22. The van der Waals surface area contributed by atoms with Gasteiger partial charge in [0.25, 0.3) is 0 Å². The number of likely N-dealkylation sites (N-methyl/N-ethyl adjacent to an activating group) is 1. The van der Waals surface area contributed by atoms with E-state index in [4.69, 9.17) is 9.47 Å². The molecule has 2 atom stereocenters. The summed E-state index contributed by atoms with van der Waals surface area (Å²) in [5, 5.41) is 3.15. The fourth-order valence-electron chi connectivity index (χ4n) is 1.70. The minimum atomic E-state index is -0.00947. The van der Waals surface area contributed by atoms with Gasteiger partial charge in [0.2, 0.25) is 0 Å². The van der Waals surface area contributed by atoms with E-state index in [2.05, 4.69) is 26.1 Å². The lowest BCUT2D eigenvalue weighted by molar-refractivity contribution is -0.0779.